The molecule has 9 heteroatoms. The van der Waals surface area contributed by atoms with E-state index in [1.54, 1.807) is 24.3 Å². The molecule has 1 aliphatic rings. The van der Waals surface area contributed by atoms with Gasteiger partial charge in [-0.05, 0) is 36.8 Å². The third-order valence-electron chi connectivity index (χ3n) is 4.09. The van der Waals surface area contributed by atoms with E-state index >= 15 is 0 Å². The number of nitrogens with zero attached hydrogens (tertiary/aromatic N) is 1. The summed E-state index contributed by atoms with van der Waals surface area (Å²) in [7, 11) is -3.55. The first-order chi connectivity index (χ1) is 13.3. The standard InChI is InChI=1S/C19H21FN2O5S/c1-28(24,25)22(16-7-8-17-18(13-16)27-11-10-26-17)9-3-6-19(23)21-15-5-2-4-14(20)12-15/h2,4-5,7-8,12-13H,3,6,9-11H2,1H3,(H,21,23). The van der Waals surface area contributed by atoms with Gasteiger partial charge in [-0.3, -0.25) is 9.10 Å². The summed E-state index contributed by atoms with van der Waals surface area (Å²) in [4.78, 5) is 12.0. The molecule has 0 fully saturated rings. The number of carbonyl (C=O) groups is 1. The molecule has 2 aromatic rings. The summed E-state index contributed by atoms with van der Waals surface area (Å²) in [6, 6.07) is 10.5. The van der Waals surface area contributed by atoms with Crippen molar-refractivity contribution in [3.8, 4) is 11.5 Å². The maximum absolute atomic E-state index is 13.2. The van der Waals surface area contributed by atoms with Crippen LogP contribution in [0.3, 0.4) is 0 Å². The number of carbonyl (C=O) groups excluding carboxylic acids is 1. The second-order valence-electron chi connectivity index (χ2n) is 6.33. The quantitative estimate of drug-likeness (QED) is 0.762. The van der Waals surface area contributed by atoms with Crippen LogP contribution >= 0.6 is 0 Å². The molecule has 3 rings (SSSR count). The minimum Gasteiger partial charge on any atom is -0.486 e. The van der Waals surface area contributed by atoms with Crippen LogP contribution in [-0.2, 0) is 14.8 Å². The lowest BCUT2D eigenvalue weighted by atomic mass is 10.2. The molecular formula is C19H21FN2O5S. The Hall–Kier alpha value is -2.81. The minimum atomic E-state index is -3.55. The molecule has 150 valence electrons. The van der Waals surface area contributed by atoms with Crippen molar-refractivity contribution in [2.75, 3.05) is 35.6 Å². The lowest BCUT2D eigenvalue weighted by molar-refractivity contribution is -0.116. The molecule has 28 heavy (non-hydrogen) atoms. The summed E-state index contributed by atoms with van der Waals surface area (Å²) in [5.74, 6) is 0.292. The van der Waals surface area contributed by atoms with Crippen LogP contribution in [0.25, 0.3) is 0 Å². The topological polar surface area (TPSA) is 84.9 Å². The van der Waals surface area contributed by atoms with Gasteiger partial charge in [0, 0.05) is 24.7 Å². The SMILES string of the molecule is CS(=O)(=O)N(CCCC(=O)Nc1cccc(F)c1)c1ccc2c(c1)OCCO2. The summed E-state index contributed by atoms with van der Waals surface area (Å²) in [6.45, 7) is 0.965. The number of nitrogens with one attached hydrogen (secondary N) is 1. The molecular weight excluding hydrogens is 387 g/mol. The van der Waals surface area contributed by atoms with Crippen molar-refractivity contribution < 1.29 is 27.1 Å². The number of anilines is 2. The Bertz CT molecular complexity index is 965. The van der Waals surface area contributed by atoms with Gasteiger partial charge < -0.3 is 14.8 Å². The van der Waals surface area contributed by atoms with Crippen LogP contribution in [0.1, 0.15) is 12.8 Å². The van der Waals surface area contributed by atoms with Gasteiger partial charge in [0.1, 0.15) is 19.0 Å². The first-order valence-electron chi connectivity index (χ1n) is 8.76. The Labute approximate surface area is 163 Å². The van der Waals surface area contributed by atoms with Crippen molar-refractivity contribution in [3.05, 3.63) is 48.3 Å². The Morgan fingerprint density at radius 3 is 2.61 bits per heavy atom. The van der Waals surface area contributed by atoms with E-state index in [1.807, 2.05) is 0 Å². The monoisotopic (exact) mass is 408 g/mol. The third-order valence-corrected chi connectivity index (χ3v) is 5.28. The molecule has 0 aromatic heterocycles. The van der Waals surface area contributed by atoms with Crippen molar-refractivity contribution >= 4 is 27.3 Å². The van der Waals surface area contributed by atoms with Crippen LogP contribution in [0.2, 0.25) is 0 Å². The summed E-state index contributed by atoms with van der Waals surface area (Å²) in [5.41, 5.74) is 0.800. The summed E-state index contributed by atoms with van der Waals surface area (Å²) in [6.07, 6.45) is 1.49. The number of sulfonamides is 1. The van der Waals surface area contributed by atoms with E-state index in [9.17, 15) is 17.6 Å². The van der Waals surface area contributed by atoms with Gasteiger partial charge in [-0.15, -0.1) is 0 Å². The fourth-order valence-corrected chi connectivity index (χ4v) is 3.80. The Balaban J connectivity index is 1.63. The van der Waals surface area contributed by atoms with Crippen molar-refractivity contribution in [2.45, 2.75) is 12.8 Å². The summed E-state index contributed by atoms with van der Waals surface area (Å²) >= 11 is 0. The van der Waals surface area contributed by atoms with Crippen LogP contribution in [0, 0.1) is 5.82 Å². The second-order valence-corrected chi connectivity index (χ2v) is 8.23. The average Bonchev–Trinajstić information content (AvgIpc) is 2.64. The van der Waals surface area contributed by atoms with Crippen LogP contribution in [0.4, 0.5) is 15.8 Å². The zero-order valence-corrected chi connectivity index (χ0v) is 16.2. The lowest BCUT2D eigenvalue weighted by Crippen LogP contribution is -2.31. The van der Waals surface area contributed by atoms with Crippen molar-refractivity contribution in [1.29, 1.82) is 0 Å². The van der Waals surface area contributed by atoms with Crippen LogP contribution < -0.4 is 19.1 Å². The molecule has 0 unspecified atom stereocenters. The Morgan fingerprint density at radius 1 is 1.14 bits per heavy atom. The van der Waals surface area contributed by atoms with Gasteiger partial charge in [0.15, 0.2) is 11.5 Å². The van der Waals surface area contributed by atoms with Gasteiger partial charge in [0.25, 0.3) is 0 Å². The molecule has 0 atom stereocenters. The number of benzene rings is 2. The smallest absolute Gasteiger partial charge is 0.232 e. The van der Waals surface area contributed by atoms with Gasteiger partial charge in [-0.2, -0.15) is 0 Å². The first kappa shape index (κ1) is 19.9. The molecule has 7 nitrogen and oxygen atoms in total. The largest absolute Gasteiger partial charge is 0.486 e. The van der Waals surface area contributed by atoms with E-state index in [1.165, 1.54) is 22.5 Å². The van der Waals surface area contributed by atoms with Gasteiger partial charge in [-0.1, -0.05) is 6.07 Å². The van der Waals surface area contributed by atoms with Gasteiger partial charge in [-0.25, -0.2) is 12.8 Å². The van der Waals surface area contributed by atoms with E-state index in [0.717, 1.165) is 6.26 Å². The molecule has 2 aromatic carbocycles. The number of halogens is 1. The third kappa shape index (κ3) is 5.13. The molecule has 0 bridgehead atoms. The molecule has 1 N–H and O–H groups in total. The predicted molar refractivity (Wildman–Crippen MR) is 104 cm³/mol. The minimum absolute atomic E-state index is 0.0904. The zero-order valence-electron chi connectivity index (χ0n) is 15.4. The molecule has 0 aliphatic carbocycles. The fourth-order valence-electron chi connectivity index (χ4n) is 2.85. The average molecular weight is 408 g/mol. The molecule has 0 saturated heterocycles. The van der Waals surface area contributed by atoms with Crippen molar-refractivity contribution in [3.63, 3.8) is 0 Å². The Kier molecular flexibility index (Phi) is 6.03. The van der Waals surface area contributed by atoms with Crippen molar-refractivity contribution in [1.82, 2.24) is 0 Å². The number of fused-ring (bicyclic) bond motifs is 1. The molecule has 1 heterocycles. The van der Waals surface area contributed by atoms with Gasteiger partial charge >= 0.3 is 0 Å². The molecule has 1 aliphatic heterocycles. The Morgan fingerprint density at radius 2 is 1.89 bits per heavy atom. The zero-order chi connectivity index (χ0) is 20.1. The van der Waals surface area contributed by atoms with E-state index < -0.39 is 15.8 Å². The highest BCUT2D eigenvalue weighted by atomic mass is 32.2. The van der Waals surface area contributed by atoms with E-state index in [4.69, 9.17) is 9.47 Å². The number of hydrogen-bond acceptors (Lipinski definition) is 5. The highest BCUT2D eigenvalue weighted by Crippen LogP contribution is 2.34. The van der Waals surface area contributed by atoms with Gasteiger partial charge in [0.2, 0.25) is 15.9 Å². The van der Waals surface area contributed by atoms with E-state index in [2.05, 4.69) is 5.32 Å². The highest BCUT2D eigenvalue weighted by Gasteiger charge is 2.21. The van der Waals surface area contributed by atoms with Crippen LogP contribution in [0.15, 0.2) is 42.5 Å². The number of ether oxygens (including phenoxy) is 2. The maximum Gasteiger partial charge on any atom is 0.232 e. The predicted octanol–water partition coefficient (Wildman–Crippen LogP) is 2.78. The highest BCUT2D eigenvalue weighted by molar-refractivity contribution is 7.92. The number of hydrogen-bond donors (Lipinski definition) is 1. The van der Waals surface area contributed by atoms with Crippen molar-refractivity contribution in [2.24, 2.45) is 0 Å². The number of rotatable bonds is 7. The normalized spacial score (nSPS) is 13.1. The lowest BCUT2D eigenvalue weighted by Gasteiger charge is -2.25. The van der Waals surface area contributed by atoms with Crippen LogP contribution in [-0.4, -0.2) is 40.3 Å². The van der Waals surface area contributed by atoms with Crippen LogP contribution in [0.5, 0.6) is 11.5 Å². The second kappa shape index (κ2) is 8.47. The fraction of sp³-hybridized carbons (Fsp3) is 0.316. The van der Waals surface area contributed by atoms with Gasteiger partial charge in [0.05, 0.1) is 11.9 Å². The van der Waals surface area contributed by atoms with E-state index in [0.29, 0.717) is 42.5 Å². The first-order valence-corrected chi connectivity index (χ1v) is 10.6. The van der Waals surface area contributed by atoms with E-state index in [-0.39, 0.29) is 18.9 Å². The maximum atomic E-state index is 13.2. The molecule has 0 radical (unpaired) electrons. The molecule has 0 saturated carbocycles. The number of amides is 1. The summed E-state index contributed by atoms with van der Waals surface area (Å²) in [5, 5.41) is 2.59. The molecule has 1 amide bonds. The molecule has 0 spiro atoms. The summed E-state index contributed by atoms with van der Waals surface area (Å²) < 4.78 is 49.8.